The van der Waals surface area contributed by atoms with E-state index >= 15 is 0 Å². The summed E-state index contributed by atoms with van der Waals surface area (Å²) in [5, 5.41) is 5.50. The molecule has 5 heteroatoms. The van der Waals surface area contributed by atoms with Crippen LogP contribution in [-0.2, 0) is 0 Å². The minimum absolute atomic E-state index is 0.455. The molecule has 0 unspecified atom stereocenters. The van der Waals surface area contributed by atoms with Gasteiger partial charge < -0.3 is 9.88 Å². The molecule has 0 aliphatic heterocycles. The van der Waals surface area contributed by atoms with E-state index in [0.29, 0.717) is 21.8 Å². The highest BCUT2D eigenvalue weighted by atomic mass is 35.5. The third-order valence-corrected chi connectivity index (χ3v) is 4.66. The predicted octanol–water partition coefficient (Wildman–Crippen LogP) is 6.45. The Bertz CT molecular complexity index is 806. The Balaban J connectivity index is 2.03. The standard InChI is InChI=1S/C18H19Cl2N3/c1-3-5-12(2)23-11-9-13-16(23)8-10-21-18(13)22-17-14(19)6-4-7-15(17)20/h4,6-12H,3,5H2,1-2H3,(H,21,22)/t12-/m1/s1. The number of fused-ring (bicyclic) bond motifs is 1. The number of hydrogen-bond acceptors (Lipinski definition) is 2. The second kappa shape index (κ2) is 6.81. The van der Waals surface area contributed by atoms with E-state index in [2.05, 4.69) is 41.0 Å². The topological polar surface area (TPSA) is 29.9 Å². The lowest BCUT2D eigenvalue weighted by Crippen LogP contribution is -2.03. The van der Waals surface area contributed by atoms with Gasteiger partial charge in [0.25, 0.3) is 0 Å². The third kappa shape index (κ3) is 3.17. The first-order valence-corrected chi connectivity index (χ1v) is 8.54. The highest BCUT2D eigenvalue weighted by Gasteiger charge is 2.13. The van der Waals surface area contributed by atoms with Crippen molar-refractivity contribution in [2.24, 2.45) is 0 Å². The second-order valence-corrected chi connectivity index (χ2v) is 6.49. The number of anilines is 2. The van der Waals surface area contributed by atoms with Crippen molar-refractivity contribution in [1.82, 2.24) is 9.55 Å². The SMILES string of the molecule is CCC[C@@H](C)n1ccc2c(Nc3c(Cl)cccc3Cl)nccc21. The van der Waals surface area contributed by atoms with Gasteiger partial charge >= 0.3 is 0 Å². The zero-order valence-corrected chi connectivity index (χ0v) is 14.7. The lowest BCUT2D eigenvalue weighted by molar-refractivity contribution is 0.515. The summed E-state index contributed by atoms with van der Waals surface area (Å²) in [5.41, 5.74) is 1.84. The molecular weight excluding hydrogens is 329 g/mol. The van der Waals surface area contributed by atoms with E-state index in [-0.39, 0.29) is 0 Å². The van der Waals surface area contributed by atoms with E-state index in [1.54, 1.807) is 0 Å². The van der Waals surface area contributed by atoms with Crippen LogP contribution in [0.25, 0.3) is 10.9 Å². The first-order valence-electron chi connectivity index (χ1n) is 7.78. The molecule has 0 spiro atoms. The van der Waals surface area contributed by atoms with Crippen LogP contribution in [0, 0.1) is 0 Å². The summed E-state index contributed by atoms with van der Waals surface area (Å²) in [6.07, 6.45) is 6.23. The summed E-state index contributed by atoms with van der Waals surface area (Å²) < 4.78 is 2.29. The summed E-state index contributed by atoms with van der Waals surface area (Å²) in [5.74, 6) is 0.764. The van der Waals surface area contributed by atoms with E-state index in [1.165, 1.54) is 0 Å². The molecule has 0 amide bonds. The molecule has 1 N–H and O–H groups in total. The Morgan fingerprint density at radius 2 is 1.91 bits per heavy atom. The van der Waals surface area contributed by atoms with Crippen molar-refractivity contribution in [3.05, 3.63) is 52.8 Å². The average molecular weight is 348 g/mol. The number of hydrogen-bond donors (Lipinski definition) is 1. The fourth-order valence-electron chi connectivity index (χ4n) is 2.86. The van der Waals surface area contributed by atoms with E-state index in [0.717, 1.165) is 29.6 Å². The molecule has 0 aliphatic rings. The molecule has 2 heterocycles. The fourth-order valence-corrected chi connectivity index (χ4v) is 3.36. The first kappa shape index (κ1) is 16.2. The Morgan fingerprint density at radius 3 is 2.61 bits per heavy atom. The Kier molecular flexibility index (Phi) is 4.79. The molecule has 1 atom stereocenters. The van der Waals surface area contributed by atoms with Crippen LogP contribution in [0.5, 0.6) is 0 Å². The van der Waals surface area contributed by atoms with Gasteiger partial charge in [-0.2, -0.15) is 0 Å². The fraction of sp³-hybridized carbons (Fsp3) is 0.278. The maximum absolute atomic E-state index is 6.25. The number of benzene rings is 1. The van der Waals surface area contributed by atoms with E-state index in [9.17, 15) is 0 Å². The Hall–Kier alpha value is -1.71. The van der Waals surface area contributed by atoms with Gasteiger partial charge in [0.15, 0.2) is 0 Å². The van der Waals surface area contributed by atoms with Crippen LogP contribution >= 0.6 is 23.2 Å². The molecule has 23 heavy (non-hydrogen) atoms. The molecule has 3 aromatic rings. The minimum Gasteiger partial charge on any atom is -0.345 e. The van der Waals surface area contributed by atoms with Crippen LogP contribution < -0.4 is 5.32 Å². The number of pyridine rings is 1. The zero-order chi connectivity index (χ0) is 16.4. The van der Waals surface area contributed by atoms with Crippen molar-refractivity contribution in [3.8, 4) is 0 Å². The summed E-state index contributed by atoms with van der Waals surface area (Å²) in [6, 6.07) is 10.0. The van der Waals surface area contributed by atoms with Gasteiger partial charge in [0.05, 0.1) is 21.2 Å². The van der Waals surface area contributed by atoms with Gasteiger partial charge in [-0.1, -0.05) is 42.6 Å². The molecule has 2 aromatic heterocycles. The molecule has 3 nitrogen and oxygen atoms in total. The maximum atomic E-state index is 6.25. The molecule has 120 valence electrons. The number of para-hydroxylation sites is 1. The minimum atomic E-state index is 0.455. The van der Waals surface area contributed by atoms with Crippen molar-refractivity contribution in [3.63, 3.8) is 0 Å². The van der Waals surface area contributed by atoms with Crippen molar-refractivity contribution < 1.29 is 0 Å². The lowest BCUT2D eigenvalue weighted by Gasteiger charge is -2.15. The third-order valence-electron chi connectivity index (χ3n) is 4.03. The molecular formula is C18H19Cl2N3. The normalized spacial score (nSPS) is 12.5. The van der Waals surface area contributed by atoms with Crippen molar-refractivity contribution in [2.75, 3.05) is 5.32 Å². The van der Waals surface area contributed by atoms with Crippen LogP contribution in [0.3, 0.4) is 0 Å². The van der Waals surface area contributed by atoms with Gasteiger partial charge in [-0.15, -0.1) is 0 Å². The lowest BCUT2D eigenvalue weighted by atomic mass is 10.2. The molecule has 0 fully saturated rings. The van der Waals surface area contributed by atoms with Gasteiger partial charge in [0.1, 0.15) is 5.82 Å². The summed E-state index contributed by atoms with van der Waals surface area (Å²) in [4.78, 5) is 4.46. The van der Waals surface area contributed by atoms with Gasteiger partial charge in [0, 0.05) is 23.8 Å². The molecule has 0 saturated carbocycles. The summed E-state index contributed by atoms with van der Waals surface area (Å²) in [6.45, 7) is 4.44. The number of rotatable bonds is 5. The number of halogens is 2. The smallest absolute Gasteiger partial charge is 0.139 e. The zero-order valence-electron chi connectivity index (χ0n) is 13.2. The summed E-state index contributed by atoms with van der Waals surface area (Å²) >= 11 is 12.5. The highest BCUT2D eigenvalue weighted by molar-refractivity contribution is 6.39. The number of nitrogens with one attached hydrogen (secondary N) is 1. The molecule has 0 bridgehead atoms. The van der Waals surface area contributed by atoms with Crippen molar-refractivity contribution in [2.45, 2.75) is 32.7 Å². The Morgan fingerprint density at radius 1 is 1.17 bits per heavy atom. The van der Waals surface area contributed by atoms with Gasteiger partial charge in [-0.05, 0) is 37.6 Å². The molecule has 1 aromatic carbocycles. The quantitative estimate of drug-likeness (QED) is 0.574. The van der Waals surface area contributed by atoms with Crippen LogP contribution in [0.1, 0.15) is 32.7 Å². The molecule has 0 saturated heterocycles. The molecule has 0 radical (unpaired) electrons. The van der Waals surface area contributed by atoms with E-state index in [4.69, 9.17) is 23.2 Å². The molecule has 0 aliphatic carbocycles. The van der Waals surface area contributed by atoms with Gasteiger partial charge in [0.2, 0.25) is 0 Å². The average Bonchev–Trinajstić information content (AvgIpc) is 2.96. The Labute approximate surface area is 146 Å². The monoisotopic (exact) mass is 347 g/mol. The van der Waals surface area contributed by atoms with E-state index < -0.39 is 0 Å². The van der Waals surface area contributed by atoms with Gasteiger partial charge in [-0.3, -0.25) is 0 Å². The number of aromatic nitrogens is 2. The molecule has 3 rings (SSSR count). The second-order valence-electron chi connectivity index (χ2n) is 5.67. The summed E-state index contributed by atoms with van der Waals surface area (Å²) in [7, 11) is 0. The van der Waals surface area contributed by atoms with Crippen LogP contribution in [0.4, 0.5) is 11.5 Å². The van der Waals surface area contributed by atoms with Crippen LogP contribution in [0.2, 0.25) is 10.0 Å². The maximum Gasteiger partial charge on any atom is 0.139 e. The van der Waals surface area contributed by atoms with Crippen LogP contribution in [0.15, 0.2) is 42.7 Å². The van der Waals surface area contributed by atoms with E-state index in [1.807, 2.05) is 30.5 Å². The van der Waals surface area contributed by atoms with Crippen molar-refractivity contribution in [1.29, 1.82) is 0 Å². The predicted molar refractivity (Wildman–Crippen MR) is 99.1 cm³/mol. The van der Waals surface area contributed by atoms with Crippen molar-refractivity contribution >= 4 is 45.6 Å². The number of nitrogens with zero attached hydrogens (tertiary/aromatic N) is 2. The first-order chi connectivity index (χ1) is 11.1. The van der Waals surface area contributed by atoms with Crippen LogP contribution in [-0.4, -0.2) is 9.55 Å². The largest absolute Gasteiger partial charge is 0.345 e. The van der Waals surface area contributed by atoms with Gasteiger partial charge in [-0.25, -0.2) is 4.98 Å². The highest BCUT2D eigenvalue weighted by Crippen LogP contribution is 2.34.